The molecule has 0 aliphatic rings. The number of carboxylic acids is 1. The first kappa shape index (κ1) is 10.6. The van der Waals surface area contributed by atoms with Gasteiger partial charge >= 0.3 is 81.4 Å². The van der Waals surface area contributed by atoms with E-state index in [2.05, 4.69) is 5.32 Å². The van der Waals surface area contributed by atoms with Gasteiger partial charge in [-0.2, -0.15) is 0 Å². The van der Waals surface area contributed by atoms with Crippen LogP contribution in [0.15, 0.2) is 30.3 Å². The van der Waals surface area contributed by atoms with Crippen molar-refractivity contribution in [2.75, 3.05) is 6.44 Å². The molecule has 0 spiro atoms. The van der Waals surface area contributed by atoms with Crippen LogP contribution in [0, 0.1) is 0 Å². The third kappa shape index (κ3) is 2.78. The monoisotopic (exact) mass is 191 g/mol. The first-order valence-corrected chi connectivity index (χ1v) is 4.20. The quantitative estimate of drug-likeness (QED) is 0.661. The first-order valence-electron chi connectivity index (χ1n) is 4.20. The minimum atomic E-state index is -0.988. The van der Waals surface area contributed by atoms with Crippen molar-refractivity contribution in [1.29, 1.82) is 0 Å². The number of carbonyl (C=O) groups is 1. The van der Waals surface area contributed by atoms with E-state index >= 15 is 0 Å². The zero-order valence-electron chi connectivity index (χ0n) is 7.51. The Morgan fingerprint density at radius 3 is 2.57 bits per heavy atom. The molecular formula is C9H10BNO3. The molecule has 2 N–H and O–H groups in total. The number of hydrogen-bond acceptors (Lipinski definition) is 3. The predicted octanol–water partition coefficient (Wildman–Crippen LogP) is 0.409. The predicted molar refractivity (Wildman–Crippen MR) is 51.3 cm³/mol. The molecule has 0 radical (unpaired) electrons. The van der Waals surface area contributed by atoms with Gasteiger partial charge in [0.25, 0.3) is 0 Å². The third-order valence-electron chi connectivity index (χ3n) is 1.79. The molecule has 0 bridgehead atoms. The van der Waals surface area contributed by atoms with Crippen molar-refractivity contribution in [2.45, 2.75) is 6.04 Å². The molecule has 1 rings (SSSR count). The summed E-state index contributed by atoms with van der Waals surface area (Å²) in [6.45, 7) is 0. The van der Waals surface area contributed by atoms with Crippen LogP contribution in [0.2, 0.25) is 0 Å². The second-order valence-corrected chi connectivity index (χ2v) is 2.76. The fraction of sp³-hybridized carbons (Fsp3) is 0.222. The fourth-order valence-corrected chi connectivity index (χ4v) is 1.16. The van der Waals surface area contributed by atoms with Gasteiger partial charge in [-0.15, -0.1) is 0 Å². The van der Waals surface area contributed by atoms with Crippen molar-refractivity contribution in [3.8, 4) is 0 Å². The van der Waals surface area contributed by atoms with E-state index in [4.69, 9.17) is 5.11 Å². The van der Waals surface area contributed by atoms with Crippen LogP contribution in [-0.2, 0) is 9.50 Å². The van der Waals surface area contributed by atoms with Crippen molar-refractivity contribution in [1.82, 2.24) is 5.32 Å². The molecule has 0 aliphatic carbocycles. The van der Waals surface area contributed by atoms with Gasteiger partial charge in [0.15, 0.2) is 0 Å². The normalized spacial score (nSPS) is 11.7. The Bertz CT molecular complexity index is 315. The van der Waals surface area contributed by atoms with Gasteiger partial charge in [0.05, 0.1) is 0 Å². The third-order valence-corrected chi connectivity index (χ3v) is 1.79. The number of nitrogens with one attached hydrogen (secondary N) is 1. The van der Waals surface area contributed by atoms with Gasteiger partial charge in [-0.3, -0.25) is 0 Å². The van der Waals surface area contributed by atoms with Gasteiger partial charge in [-0.25, -0.2) is 0 Å². The number of hydrogen-bond donors (Lipinski definition) is 2. The van der Waals surface area contributed by atoms with Gasteiger partial charge in [0.2, 0.25) is 0 Å². The molecule has 0 aliphatic heterocycles. The molecule has 1 aromatic carbocycles. The van der Waals surface area contributed by atoms with E-state index in [0.29, 0.717) is 12.7 Å². The summed E-state index contributed by atoms with van der Waals surface area (Å²) in [5.74, 6) is -0.988. The molecule has 14 heavy (non-hydrogen) atoms. The molecule has 0 saturated carbocycles. The second kappa shape index (κ2) is 5.29. The second-order valence-electron chi connectivity index (χ2n) is 2.76. The maximum atomic E-state index is 10.8. The maximum absolute atomic E-state index is 10.8. The average Bonchev–Trinajstić information content (AvgIpc) is 2.19. The number of aliphatic carboxylic acids is 1. The van der Waals surface area contributed by atoms with Crippen molar-refractivity contribution in [3.63, 3.8) is 0 Å². The van der Waals surface area contributed by atoms with E-state index in [9.17, 15) is 9.50 Å². The first-order chi connectivity index (χ1) is 6.75. The molecule has 0 amide bonds. The summed E-state index contributed by atoms with van der Waals surface area (Å²) in [5, 5.41) is 11.5. The molecule has 0 aromatic heterocycles. The van der Waals surface area contributed by atoms with Crippen LogP contribution >= 0.6 is 0 Å². The summed E-state index contributed by atoms with van der Waals surface area (Å²) in [4.78, 5) is 10.8. The molecule has 0 unspecified atom stereocenters. The van der Waals surface area contributed by atoms with Crippen molar-refractivity contribution in [3.05, 3.63) is 35.9 Å². The Labute approximate surface area is 82.2 Å². The van der Waals surface area contributed by atoms with E-state index in [0.717, 1.165) is 0 Å². The van der Waals surface area contributed by atoms with E-state index in [-0.39, 0.29) is 6.44 Å². The Kier molecular flexibility index (Phi) is 4.00. The minimum absolute atomic E-state index is 0.0336. The van der Waals surface area contributed by atoms with E-state index in [1.165, 1.54) is 0 Å². The van der Waals surface area contributed by atoms with Crippen LogP contribution < -0.4 is 5.32 Å². The van der Waals surface area contributed by atoms with Crippen molar-refractivity contribution in [2.24, 2.45) is 0 Å². The molecule has 1 aromatic rings. The Morgan fingerprint density at radius 1 is 1.43 bits per heavy atom. The summed E-state index contributed by atoms with van der Waals surface area (Å²) >= 11 is 0. The van der Waals surface area contributed by atoms with Gasteiger partial charge in [-0.1, -0.05) is 0 Å². The number of benzene rings is 1. The SMILES string of the molecule is O=BCN[C@H](C(=O)O)c1ccccc1. The molecule has 0 saturated heterocycles. The summed E-state index contributed by atoms with van der Waals surface area (Å²) in [6.07, 6.45) is 0.0336. The average molecular weight is 191 g/mol. The zero-order valence-corrected chi connectivity index (χ0v) is 7.51. The van der Waals surface area contributed by atoms with E-state index in [1.54, 1.807) is 24.3 Å². The van der Waals surface area contributed by atoms with Crippen molar-refractivity contribution >= 4 is 13.1 Å². The number of carboxylic acid groups (broad SMARTS) is 1. The molecule has 72 valence electrons. The standard InChI is InChI=1S/C9H10BNO3/c12-9(13)8(11-6-10-14)7-4-2-1-3-5-7/h1-5,8,11H,6H2,(H,12,13)/t8-/m0/s1. The molecule has 4 nitrogen and oxygen atoms in total. The van der Waals surface area contributed by atoms with E-state index < -0.39 is 12.0 Å². The molecule has 5 heteroatoms. The fourth-order valence-electron chi connectivity index (χ4n) is 1.16. The van der Waals surface area contributed by atoms with Gasteiger partial charge in [0, 0.05) is 0 Å². The van der Waals surface area contributed by atoms with Crippen LogP contribution in [0.4, 0.5) is 0 Å². The van der Waals surface area contributed by atoms with Crippen LogP contribution in [0.25, 0.3) is 0 Å². The van der Waals surface area contributed by atoms with Gasteiger partial charge < -0.3 is 0 Å². The molecule has 1 atom stereocenters. The summed E-state index contributed by atoms with van der Waals surface area (Å²) < 4.78 is 10.1. The van der Waals surface area contributed by atoms with Crippen LogP contribution in [0.5, 0.6) is 0 Å². The van der Waals surface area contributed by atoms with Gasteiger partial charge in [0.1, 0.15) is 0 Å². The zero-order chi connectivity index (χ0) is 10.4. The number of rotatable bonds is 5. The van der Waals surface area contributed by atoms with Crippen LogP contribution in [-0.4, -0.2) is 24.7 Å². The Morgan fingerprint density at radius 2 is 2.07 bits per heavy atom. The Hall–Kier alpha value is -1.49. The topological polar surface area (TPSA) is 66.4 Å². The van der Waals surface area contributed by atoms with Crippen LogP contribution in [0.1, 0.15) is 11.6 Å². The Balaban J connectivity index is 2.78. The van der Waals surface area contributed by atoms with E-state index in [1.807, 2.05) is 6.07 Å². The molecule has 0 fully saturated rings. The molecule has 0 heterocycles. The summed E-state index contributed by atoms with van der Waals surface area (Å²) in [7, 11) is 0.638. The van der Waals surface area contributed by atoms with Gasteiger partial charge in [-0.05, 0) is 0 Å². The molecular weight excluding hydrogens is 181 g/mol. The summed E-state index contributed by atoms with van der Waals surface area (Å²) in [6, 6.07) is 7.92. The summed E-state index contributed by atoms with van der Waals surface area (Å²) in [5.41, 5.74) is 0.641. The van der Waals surface area contributed by atoms with Crippen LogP contribution in [0.3, 0.4) is 0 Å². The van der Waals surface area contributed by atoms with Crippen molar-refractivity contribution < 1.29 is 14.6 Å².